The minimum atomic E-state index is -0.613. The Morgan fingerprint density at radius 2 is 1.57 bits per heavy atom. The van der Waals surface area contributed by atoms with Crippen LogP contribution in [0.1, 0.15) is 56.7 Å². The SMILES string of the molecule is CNCC(=O)N(Cc1ncc(-c2ccc3cc(-c4ccc(-c5cnc([C@@H]6[C@H]7CCC(C7)N6C(=O)CNC(=O)OC)[nH]5)cc4)ccc3c2)[nH]1)CC1(C)CC1. The number of likely N-dealkylation sites (tertiary alicyclic amines) is 1. The van der Waals surface area contributed by atoms with Gasteiger partial charge in [0.15, 0.2) is 0 Å². The number of fused-ring (bicyclic) bond motifs is 3. The number of methoxy groups -OCH3 is 1. The van der Waals surface area contributed by atoms with E-state index in [4.69, 9.17) is 4.98 Å². The van der Waals surface area contributed by atoms with E-state index in [9.17, 15) is 14.4 Å². The van der Waals surface area contributed by atoms with Gasteiger partial charge in [-0.15, -0.1) is 0 Å². The largest absolute Gasteiger partial charge is 0.453 e. The van der Waals surface area contributed by atoms with Crippen LogP contribution in [0.3, 0.4) is 0 Å². The van der Waals surface area contributed by atoms with Gasteiger partial charge < -0.3 is 35.1 Å². The number of hydrogen-bond donors (Lipinski definition) is 4. The normalized spacial score (nSPS) is 19.8. The number of carbonyl (C=O) groups excluding carboxylic acids is 3. The van der Waals surface area contributed by atoms with Crippen LogP contribution in [0.15, 0.2) is 73.1 Å². The Kier molecular flexibility index (Phi) is 9.23. The Labute approximate surface area is 308 Å². The maximum Gasteiger partial charge on any atom is 0.407 e. The Hall–Kier alpha value is -5.49. The second-order valence-electron chi connectivity index (χ2n) is 15.2. The van der Waals surface area contributed by atoms with Crippen molar-refractivity contribution in [3.63, 3.8) is 0 Å². The zero-order chi connectivity index (χ0) is 36.7. The first-order valence-corrected chi connectivity index (χ1v) is 18.5. The molecule has 2 aromatic heterocycles. The van der Waals surface area contributed by atoms with Crippen LogP contribution in [-0.4, -0.2) is 87.5 Å². The number of rotatable bonds is 12. The van der Waals surface area contributed by atoms with Crippen LogP contribution >= 0.6 is 0 Å². The maximum absolute atomic E-state index is 13.2. The topological polar surface area (TPSA) is 148 Å². The average molecular weight is 715 g/mol. The highest BCUT2D eigenvalue weighted by Crippen LogP contribution is 2.50. The number of nitrogens with zero attached hydrogens (tertiary/aromatic N) is 4. The number of likely N-dealkylation sites (N-methyl/N-ethyl adjacent to an activating group) is 1. The highest BCUT2D eigenvalue weighted by Gasteiger charge is 2.49. The molecule has 0 radical (unpaired) electrons. The highest BCUT2D eigenvalue weighted by molar-refractivity contribution is 5.90. The van der Waals surface area contributed by atoms with Crippen molar-refractivity contribution in [2.45, 2.75) is 57.7 Å². The van der Waals surface area contributed by atoms with E-state index in [0.29, 0.717) is 19.0 Å². The van der Waals surface area contributed by atoms with Crippen LogP contribution in [0, 0.1) is 11.3 Å². The molecule has 1 saturated heterocycles. The van der Waals surface area contributed by atoms with Crippen molar-refractivity contribution in [2.75, 3.05) is 33.8 Å². The molecule has 8 rings (SSSR count). The van der Waals surface area contributed by atoms with Crippen LogP contribution in [-0.2, 0) is 20.9 Å². The fourth-order valence-electron chi connectivity index (χ4n) is 8.18. The number of aromatic amines is 2. The van der Waals surface area contributed by atoms with Crippen LogP contribution < -0.4 is 10.6 Å². The van der Waals surface area contributed by atoms with Gasteiger partial charge in [-0.25, -0.2) is 14.8 Å². The van der Waals surface area contributed by atoms with Gasteiger partial charge in [-0.3, -0.25) is 9.59 Å². The molecule has 5 aromatic rings. The van der Waals surface area contributed by atoms with Crippen molar-refractivity contribution in [1.82, 2.24) is 40.4 Å². The Morgan fingerprint density at radius 1 is 0.887 bits per heavy atom. The lowest BCUT2D eigenvalue weighted by Crippen LogP contribution is -2.45. The molecular formula is C41H46N8O4. The lowest BCUT2D eigenvalue weighted by molar-refractivity contribution is -0.135. The second-order valence-corrected chi connectivity index (χ2v) is 15.2. The van der Waals surface area contributed by atoms with E-state index in [2.05, 4.69) is 97.9 Å². The Morgan fingerprint density at radius 3 is 2.30 bits per heavy atom. The summed E-state index contributed by atoms with van der Waals surface area (Å²) in [6, 6.07) is 21.4. The molecule has 3 aromatic carbocycles. The number of carbonyl (C=O) groups is 3. The van der Waals surface area contributed by atoms with Crippen LogP contribution in [0.2, 0.25) is 0 Å². The number of aromatic nitrogens is 4. The summed E-state index contributed by atoms with van der Waals surface area (Å²) >= 11 is 0. The molecular weight excluding hydrogens is 669 g/mol. The third-order valence-electron chi connectivity index (χ3n) is 11.3. The fraction of sp³-hybridized carbons (Fsp3) is 0.390. The highest BCUT2D eigenvalue weighted by atomic mass is 16.5. The molecule has 4 N–H and O–H groups in total. The van der Waals surface area contributed by atoms with Gasteiger partial charge in [-0.2, -0.15) is 0 Å². The molecule has 12 nitrogen and oxygen atoms in total. The minimum absolute atomic E-state index is 0.0886. The molecule has 2 aliphatic carbocycles. The van der Waals surface area contributed by atoms with E-state index in [1.165, 1.54) is 7.11 Å². The smallest absolute Gasteiger partial charge is 0.407 e. The third-order valence-corrected chi connectivity index (χ3v) is 11.3. The van der Waals surface area contributed by atoms with Gasteiger partial charge in [-0.05, 0) is 90.1 Å². The lowest BCUT2D eigenvalue weighted by Gasteiger charge is -2.34. The quantitative estimate of drug-likeness (QED) is 0.123. The molecule has 1 aliphatic heterocycles. The monoisotopic (exact) mass is 714 g/mol. The van der Waals surface area contributed by atoms with E-state index in [-0.39, 0.29) is 35.9 Å². The van der Waals surface area contributed by atoms with Crippen molar-refractivity contribution in [3.8, 4) is 33.6 Å². The molecule has 0 spiro atoms. The summed E-state index contributed by atoms with van der Waals surface area (Å²) < 4.78 is 4.64. The van der Waals surface area contributed by atoms with Gasteiger partial charge >= 0.3 is 6.09 Å². The standard InChI is InChI=1S/C41H46N8O4/c1-41(14-15-41)24-48(36(50)21-42-2)23-35-43-19-34(46-35)30-11-10-28-16-27(8-9-29(28)17-30)25-4-6-26(7-5-25)33-20-44-39(47-33)38-31-12-13-32(18-31)49(38)37(51)22-45-40(52)53-3/h4-11,16-17,19-20,31-32,38,42H,12-15,18,21-24H2,1-3H3,(H,43,46)(H,44,47)(H,45,52)/t31-,32?,38-/m0/s1. The van der Waals surface area contributed by atoms with Crippen molar-refractivity contribution in [3.05, 3.63) is 84.7 Å². The molecule has 3 atom stereocenters. The third kappa shape index (κ3) is 7.15. The first kappa shape index (κ1) is 34.6. The number of imidazole rings is 2. The molecule has 2 saturated carbocycles. The predicted octanol–water partition coefficient (Wildman–Crippen LogP) is 6.04. The second kappa shape index (κ2) is 14.1. The van der Waals surface area contributed by atoms with E-state index in [0.717, 1.165) is 94.7 Å². The Balaban J connectivity index is 0.944. The summed E-state index contributed by atoms with van der Waals surface area (Å²) in [5.74, 6) is 1.89. The van der Waals surface area contributed by atoms with Crippen LogP contribution in [0.5, 0.6) is 0 Å². The van der Waals surface area contributed by atoms with Gasteiger partial charge in [0.25, 0.3) is 0 Å². The molecule has 12 heteroatoms. The molecule has 2 bridgehead atoms. The summed E-state index contributed by atoms with van der Waals surface area (Å²) in [5.41, 5.74) is 6.34. The number of benzene rings is 3. The van der Waals surface area contributed by atoms with Crippen molar-refractivity contribution >= 4 is 28.7 Å². The van der Waals surface area contributed by atoms with Gasteiger partial charge in [0.2, 0.25) is 11.8 Å². The first-order valence-electron chi connectivity index (χ1n) is 18.5. The number of amides is 3. The summed E-state index contributed by atoms with van der Waals surface area (Å²) in [4.78, 5) is 57.7. The lowest BCUT2D eigenvalue weighted by atomic mass is 9.97. The molecule has 3 fully saturated rings. The van der Waals surface area contributed by atoms with Gasteiger partial charge in [0, 0.05) is 18.2 Å². The van der Waals surface area contributed by atoms with Crippen molar-refractivity contribution in [2.24, 2.45) is 11.3 Å². The van der Waals surface area contributed by atoms with Gasteiger partial charge in [0.1, 0.15) is 18.2 Å². The number of H-pyrrole nitrogens is 2. The number of piperidine rings is 1. The number of ether oxygens (including phenoxy) is 1. The number of alkyl carbamates (subject to hydrolysis) is 1. The summed E-state index contributed by atoms with van der Waals surface area (Å²) in [6.45, 7) is 3.67. The number of hydrogen-bond acceptors (Lipinski definition) is 7. The van der Waals surface area contributed by atoms with Crippen molar-refractivity contribution in [1.29, 1.82) is 0 Å². The van der Waals surface area contributed by atoms with Crippen molar-refractivity contribution < 1.29 is 19.1 Å². The summed E-state index contributed by atoms with van der Waals surface area (Å²) in [5, 5.41) is 7.79. The van der Waals surface area contributed by atoms with Crippen LogP contribution in [0.25, 0.3) is 44.4 Å². The van der Waals surface area contributed by atoms with E-state index in [1.807, 2.05) is 22.2 Å². The predicted molar refractivity (Wildman–Crippen MR) is 202 cm³/mol. The summed E-state index contributed by atoms with van der Waals surface area (Å²) in [7, 11) is 3.09. The zero-order valence-electron chi connectivity index (χ0n) is 30.4. The van der Waals surface area contributed by atoms with Gasteiger partial charge in [-0.1, -0.05) is 55.5 Å². The van der Waals surface area contributed by atoms with E-state index >= 15 is 0 Å². The zero-order valence-corrected chi connectivity index (χ0v) is 30.4. The van der Waals surface area contributed by atoms with Crippen LogP contribution in [0.4, 0.5) is 4.79 Å². The molecule has 53 heavy (non-hydrogen) atoms. The maximum atomic E-state index is 13.2. The minimum Gasteiger partial charge on any atom is -0.453 e. The fourth-order valence-corrected chi connectivity index (χ4v) is 8.18. The first-order chi connectivity index (χ1) is 25.7. The molecule has 3 heterocycles. The molecule has 3 amide bonds. The molecule has 1 unspecified atom stereocenters. The number of nitrogens with one attached hydrogen (secondary N) is 4. The average Bonchev–Trinajstić information content (AvgIpc) is 3.72. The van der Waals surface area contributed by atoms with E-state index < -0.39 is 6.09 Å². The molecule has 3 aliphatic rings. The molecule has 274 valence electrons. The summed E-state index contributed by atoms with van der Waals surface area (Å²) in [6.07, 6.45) is 8.38. The van der Waals surface area contributed by atoms with Gasteiger partial charge in [0.05, 0.1) is 50.0 Å². The van der Waals surface area contributed by atoms with E-state index in [1.54, 1.807) is 7.05 Å². The Bertz CT molecular complexity index is 2150.